The van der Waals surface area contributed by atoms with Gasteiger partial charge in [-0.05, 0) is 51.3 Å². The van der Waals surface area contributed by atoms with Crippen molar-refractivity contribution in [1.29, 1.82) is 0 Å². The molecule has 2 aromatic rings. The Bertz CT molecular complexity index is 782. The molecule has 1 aromatic carbocycles. The number of aromatic nitrogens is 2. The van der Waals surface area contributed by atoms with Crippen molar-refractivity contribution in [1.82, 2.24) is 9.78 Å². The van der Waals surface area contributed by atoms with Gasteiger partial charge in [-0.3, -0.25) is 4.68 Å². The minimum absolute atomic E-state index is 0.130. The van der Waals surface area contributed by atoms with Crippen LogP contribution in [0.15, 0.2) is 17.0 Å². The van der Waals surface area contributed by atoms with E-state index in [-0.39, 0.29) is 4.90 Å². The Hall–Kier alpha value is -1.66. The Labute approximate surface area is 125 Å². The summed E-state index contributed by atoms with van der Waals surface area (Å²) in [5.41, 5.74) is 5.75. The first-order valence-electron chi connectivity index (χ1n) is 6.74. The normalized spacial score (nSPS) is 11.9. The van der Waals surface area contributed by atoms with Crippen LogP contribution < -0.4 is 5.14 Å². The average molecular weight is 307 g/mol. The molecular formula is C15H21N3O2S. The Morgan fingerprint density at radius 2 is 1.62 bits per heavy atom. The lowest BCUT2D eigenvalue weighted by atomic mass is 10.00. The molecule has 0 unspecified atom stereocenters. The van der Waals surface area contributed by atoms with Gasteiger partial charge in [0.1, 0.15) is 4.90 Å². The summed E-state index contributed by atoms with van der Waals surface area (Å²) in [4.78, 5) is 0.130. The molecule has 0 saturated carbocycles. The second kappa shape index (κ2) is 5.27. The van der Waals surface area contributed by atoms with Crippen molar-refractivity contribution < 1.29 is 8.42 Å². The van der Waals surface area contributed by atoms with Gasteiger partial charge in [-0.15, -0.1) is 0 Å². The van der Waals surface area contributed by atoms with Gasteiger partial charge < -0.3 is 0 Å². The monoisotopic (exact) mass is 307 g/mol. The highest BCUT2D eigenvalue weighted by molar-refractivity contribution is 7.89. The molecule has 0 saturated heterocycles. The van der Waals surface area contributed by atoms with Crippen LogP contribution in [0.2, 0.25) is 0 Å². The standard InChI is InChI=1S/C15H21N3O2S/c1-9-6-10(2)14(11(3)7-9)8-18-13(5)15(12(4)17-18)21(16,19)20/h6-7H,8H2,1-5H3,(H2,16,19,20). The predicted molar refractivity (Wildman–Crippen MR) is 82.8 cm³/mol. The number of hydrogen-bond donors (Lipinski definition) is 1. The zero-order valence-electron chi connectivity index (χ0n) is 13.1. The van der Waals surface area contributed by atoms with Crippen LogP contribution in [0.25, 0.3) is 0 Å². The maximum atomic E-state index is 11.6. The first kappa shape index (κ1) is 15.7. The molecule has 6 heteroatoms. The minimum atomic E-state index is -3.75. The minimum Gasteiger partial charge on any atom is -0.264 e. The number of nitrogens with zero attached hydrogens (tertiary/aromatic N) is 2. The molecule has 0 radical (unpaired) electrons. The molecule has 0 amide bonds. The first-order valence-corrected chi connectivity index (χ1v) is 8.29. The predicted octanol–water partition coefficient (Wildman–Crippen LogP) is 2.12. The lowest BCUT2D eigenvalue weighted by molar-refractivity contribution is 0.595. The molecule has 0 atom stereocenters. The second-order valence-electron chi connectivity index (χ2n) is 5.58. The van der Waals surface area contributed by atoms with Crippen LogP contribution in [0.3, 0.4) is 0 Å². The van der Waals surface area contributed by atoms with Gasteiger partial charge in [-0.1, -0.05) is 17.7 Å². The van der Waals surface area contributed by atoms with Gasteiger partial charge in [0.05, 0.1) is 17.9 Å². The van der Waals surface area contributed by atoms with Crippen LogP contribution in [0.4, 0.5) is 0 Å². The van der Waals surface area contributed by atoms with E-state index in [1.165, 1.54) is 16.7 Å². The second-order valence-corrected chi connectivity index (χ2v) is 7.08. The Morgan fingerprint density at radius 3 is 2.05 bits per heavy atom. The molecule has 0 fully saturated rings. The van der Waals surface area contributed by atoms with Gasteiger partial charge in [0.2, 0.25) is 10.0 Å². The molecule has 0 spiro atoms. The van der Waals surface area contributed by atoms with Gasteiger partial charge in [0.15, 0.2) is 0 Å². The van der Waals surface area contributed by atoms with Gasteiger partial charge in [0, 0.05) is 0 Å². The summed E-state index contributed by atoms with van der Waals surface area (Å²) < 4.78 is 25.0. The van der Waals surface area contributed by atoms with Crippen LogP contribution in [0.1, 0.15) is 33.6 Å². The quantitative estimate of drug-likeness (QED) is 0.943. The number of benzene rings is 1. The highest BCUT2D eigenvalue weighted by Crippen LogP contribution is 2.22. The first-order chi connectivity index (χ1) is 9.61. The van der Waals surface area contributed by atoms with Crippen molar-refractivity contribution in [3.05, 3.63) is 45.8 Å². The van der Waals surface area contributed by atoms with Crippen LogP contribution >= 0.6 is 0 Å². The highest BCUT2D eigenvalue weighted by atomic mass is 32.2. The third kappa shape index (κ3) is 3.01. The highest BCUT2D eigenvalue weighted by Gasteiger charge is 2.21. The number of nitrogens with two attached hydrogens (primary N) is 1. The molecule has 0 bridgehead atoms. The number of primary sulfonamides is 1. The zero-order valence-corrected chi connectivity index (χ0v) is 13.9. The van der Waals surface area contributed by atoms with E-state index in [1.807, 2.05) is 0 Å². The van der Waals surface area contributed by atoms with Crippen molar-refractivity contribution in [2.45, 2.75) is 46.1 Å². The summed E-state index contributed by atoms with van der Waals surface area (Å²) in [6.07, 6.45) is 0. The molecule has 5 nitrogen and oxygen atoms in total. The van der Waals surface area contributed by atoms with Gasteiger partial charge in [0.25, 0.3) is 0 Å². The van der Waals surface area contributed by atoms with Crippen LogP contribution in [-0.4, -0.2) is 18.2 Å². The topological polar surface area (TPSA) is 78.0 Å². The maximum absolute atomic E-state index is 11.6. The molecular weight excluding hydrogens is 286 g/mol. The summed E-state index contributed by atoms with van der Waals surface area (Å²) in [5, 5.41) is 9.60. The molecule has 2 rings (SSSR count). The van der Waals surface area contributed by atoms with Gasteiger partial charge in [-0.25, -0.2) is 13.6 Å². The maximum Gasteiger partial charge on any atom is 0.241 e. The molecule has 1 heterocycles. The van der Waals surface area contributed by atoms with Gasteiger partial charge in [-0.2, -0.15) is 5.10 Å². The Kier molecular flexibility index (Phi) is 3.95. The van der Waals surface area contributed by atoms with Crippen molar-refractivity contribution in [3.8, 4) is 0 Å². The number of hydrogen-bond acceptors (Lipinski definition) is 3. The van der Waals surface area contributed by atoms with Crippen molar-refractivity contribution in [3.63, 3.8) is 0 Å². The van der Waals surface area contributed by atoms with Crippen molar-refractivity contribution >= 4 is 10.0 Å². The summed E-state index contributed by atoms with van der Waals surface area (Å²) in [6, 6.07) is 4.24. The molecule has 21 heavy (non-hydrogen) atoms. The van der Waals surface area contributed by atoms with Crippen molar-refractivity contribution in [2.75, 3.05) is 0 Å². The Balaban J connectivity index is 2.52. The average Bonchev–Trinajstić information content (AvgIpc) is 2.58. The lowest BCUT2D eigenvalue weighted by Gasteiger charge is -2.12. The molecule has 1 aromatic heterocycles. The molecule has 0 aliphatic heterocycles. The van der Waals surface area contributed by atoms with Crippen LogP contribution in [0, 0.1) is 34.6 Å². The third-order valence-corrected chi connectivity index (χ3v) is 4.91. The third-order valence-electron chi connectivity index (χ3n) is 3.75. The zero-order chi connectivity index (χ0) is 15.9. The summed E-state index contributed by atoms with van der Waals surface area (Å²) in [6.45, 7) is 10.1. The molecule has 2 N–H and O–H groups in total. The summed E-state index contributed by atoms with van der Waals surface area (Å²) >= 11 is 0. The van der Waals surface area contributed by atoms with Crippen LogP contribution in [0.5, 0.6) is 0 Å². The lowest BCUT2D eigenvalue weighted by Crippen LogP contribution is -2.14. The van der Waals surface area contributed by atoms with Crippen molar-refractivity contribution in [2.24, 2.45) is 5.14 Å². The fourth-order valence-corrected chi connectivity index (χ4v) is 3.82. The fourth-order valence-electron chi connectivity index (χ4n) is 2.86. The van der Waals surface area contributed by atoms with E-state index in [1.54, 1.807) is 18.5 Å². The summed E-state index contributed by atoms with van der Waals surface area (Å²) in [5.74, 6) is 0. The molecule has 0 aliphatic carbocycles. The van der Waals surface area contributed by atoms with E-state index in [4.69, 9.17) is 5.14 Å². The van der Waals surface area contributed by atoms with Gasteiger partial charge >= 0.3 is 0 Å². The fraction of sp³-hybridized carbons (Fsp3) is 0.400. The SMILES string of the molecule is Cc1cc(C)c(Cn2nc(C)c(S(N)(=O)=O)c2C)c(C)c1. The number of rotatable bonds is 3. The van der Waals surface area contributed by atoms with E-state index in [0.29, 0.717) is 17.9 Å². The molecule has 0 aliphatic rings. The number of sulfonamides is 1. The molecule has 114 valence electrons. The van der Waals surface area contributed by atoms with E-state index < -0.39 is 10.0 Å². The summed E-state index contributed by atoms with van der Waals surface area (Å²) in [7, 11) is -3.75. The van der Waals surface area contributed by atoms with E-state index in [2.05, 4.69) is 38.0 Å². The largest absolute Gasteiger partial charge is 0.264 e. The van der Waals surface area contributed by atoms with Crippen LogP contribution in [-0.2, 0) is 16.6 Å². The van der Waals surface area contributed by atoms with E-state index >= 15 is 0 Å². The Morgan fingerprint density at radius 1 is 1.10 bits per heavy atom. The number of aryl methyl sites for hydroxylation is 4. The van der Waals surface area contributed by atoms with E-state index in [0.717, 1.165) is 5.56 Å². The smallest absolute Gasteiger partial charge is 0.241 e. The van der Waals surface area contributed by atoms with E-state index in [9.17, 15) is 8.42 Å².